The summed E-state index contributed by atoms with van der Waals surface area (Å²) in [6.07, 6.45) is 2.86. The third-order valence-corrected chi connectivity index (χ3v) is 3.98. The van der Waals surface area contributed by atoms with Gasteiger partial charge < -0.3 is 9.84 Å². The van der Waals surface area contributed by atoms with Gasteiger partial charge in [0.05, 0.1) is 12.2 Å². The van der Waals surface area contributed by atoms with E-state index in [1.54, 1.807) is 17.4 Å². The van der Waals surface area contributed by atoms with Crippen LogP contribution in [0.2, 0.25) is 0 Å². The van der Waals surface area contributed by atoms with Crippen molar-refractivity contribution in [1.82, 2.24) is 4.90 Å². The number of carboxylic acids is 1. The van der Waals surface area contributed by atoms with Gasteiger partial charge in [0.15, 0.2) is 0 Å². The number of carbonyl (C=O) groups is 1. The molecule has 1 aromatic heterocycles. The summed E-state index contributed by atoms with van der Waals surface area (Å²) in [5.41, 5.74) is 0.892. The molecule has 0 amide bonds. The van der Waals surface area contributed by atoms with Crippen molar-refractivity contribution in [3.63, 3.8) is 0 Å². The molecule has 0 aliphatic carbocycles. The number of ether oxygens (including phenoxy) is 1. The Balaban J connectivity index is 2.03. The number of morpholine rings is 1. The van der Waals surface area contributed by atoms with E-state index in [0.29, 0.717) is 0 Å². The summed E-state index contributed by atoms with van der Waals surface area (Å²) in [6.45, 7) is 7.61. The Labute approximate surface area is 117 Å². The van der Waals surface area contributed by atoms with E-state index in [0.717, 1.165) is 31.8 Å². The summed E-state index contributed by atoms with van der Waals surface area (Å²) in [7, 11) is 0. The number of aliphatic carboxylic acids is 1. The lowest BCUT2D eigenvalue weighted by Gasteiger charge is -2.38. The lowest BCUT2D eigenvalue weighted by Crippen LogP contribution is -2.47. The third-order valence-electron chi connectivity index (χ3n) is 3.06. The number of hydrogen-bond donors (Lipinski definition) is 1. The lowest BCUT2D eigenvalue weighted by molar-refractivity contribution is -0.131. The molecule has 1 fully saturated rings. The fourth-order valence-electron chi connectivity index (χ4n) is 2.24. The molecule has 0 spiro atoms. The summed E-state index contributed by atoms with van der Waals surface area (Å²) >= 11 is 1.67. The maximum atomic E-state index is 10.6. The molecule has 0 radical (unpaired) electrons. The predicted molar refractivity (Wildman–Crippen MR) is 76.3 cm³/mol. The van der Waals surface area contributed by atoms with E-state index >= 15 is 0 Å². The Hall–Kier alpha value is -1.17. The van der Waals surface area contributed by atoms with Gasteiger partial charge >= 0.3 is 5.97 Å². The van der Waals surface area contributed by atoms with Gasteiger partial charge in [0.25, 0.3) is 0 Å². The minimum Gasteiger partial charge on any atom is -0.478 e. The molecule has 1 aromatic rings. The fourth-order valence-corrected chi connectivity index (χ4v) is 3.15. The van der Waals surface area contributed by atoms with Crippen LogP contribution in [0.15, 0.2) is 17.5 Å². The van der Waals surface area contributed by atoms with Crippen molar-refractivity contribution in [2.75, 3.05) is 19.7 Å². The van der Waals surface area contributed by atoms with Crippen molar-refractivity contribution in [2.45, 2.75) is 26.0 Å². The molecule has 2 heterocycles. The summed E-state index contributed by atoms with van der Waals surface area (Å²) in [6, 6.07) is 1.96. The molecule has 0 saturated carbocycles. The van der Waals surface area contributed by atoms with E-state index in [1.165, 1.54) is 11.0 Å². The van der Waals surface area contributed by atoms with E-state index < -0.39 is 5.97 Å². The molecule has 1 aliphatic rings. The lowest BCUT2D eigenvalue weighted by atomic mass is 10.1. The highest BCUT2D eigenvalue weighted by Crippen LogP contribution is 2.23. The highest BCUT2D eigenvalue weighted by atomic mass is 32.1. The second kappa shape index (κ2) is 5.86. The maximum Gasteiger partial charge on any atom is 0.328 e. The highest BCUT2D eigenvalue weighted by Gasteiger charge is 2.27. The van der Waals surface area contributed by atoms with Crippen LogP contribution < -0.4 is 0 Å². The number of rotatable bonds is 4. The molecule has 0 bridgehead atoms. The molecule has 1 aliphatic heterocycles. The zero-order chi connectivity index (χ0) is 13.9. The first-order valence-electron chi connectivity index (χ1n) is 6.30. The van der Waals surface area contributed by atoms with E-state index in [9.17, 15) is 4.79 Å². The standard InChI is InChI=1S/C14H19NO3S/c1-14(2)10-15(6-7-18-14)9-12-11(5-8-19-12)3-4-13(16)17/h3-5,8H,6-7,9-10H2,1-2H3,(H,16,17)/b4-3+. The van der Waals surface area contributed by atoms with Crippen LogP contribution in [0.4, 0.5) is 0 Å². The number of nitrogens with zero attached hydrogens (tertiary/aromatic N) is 1. The van der Waals surface area contributed by atoms with Gasteiger partial charge in [-0.25, -0.2) is 4.79 Å². The molecule has 0 aromatic carbocycles. The molecule has 104 valence electrons. The van der Waals surface area contributed by atoms with Gasteiger partial charge in [-0.3, -0.25) is 4.90 Å². The van der Waals surface area contributed by atoms with E-state index in [-0.39, 0.29) is 5.60 Å². The van der Waals surface area contributed by atoms with Crippen molar-refractivity contribution >= 4 is 23.4 Å². The Morgan fingerprint density at radius 3 is 3.11 bits per heavy atom. The van der Waals surface area contributed by atoms with Crippen molar-refractivity contribution in [3.05, 3.63) is 28.0 Å². The van der Waals surface area contributed by atoms with Crippen LogP contribution in [0, 0.1) is 0 Å². The highest BCUT2D eigenvalue weighted by molar-refractivity contribution is 7.10. The molecule has 0 unspecified atom stereocenters. The Morgan fingerprint density at radius 1 is 1.63 bits per heavy atom. The molecular weight excluding hydrogens is 262 g/mol. The molecule has 0 atom stereocenters. The first-order valence-corrected chi connectivity index (χ1v) is 7.18. The molecule has 2 rings (SSSR count). The fraction of sp³-hybridized carbons (Fsp3) is 0.500. The normalized spacial score (nSPS) is 19.9. The van der Waals surface area contributed by atoms with Crippen molar-refractivity contribution in [2.24, 2.45) is 0 Å². The van der Waals surface area contributed by atoms with E-state index in [2.05, 4.69) is 18.7 Å². The van der Waals surface area contributed by atoms with Crippen molar-refractivity contribution < 1.29 is 14.6 Å². The summed E-state index contributed by atoms with van der Waals surface area (Å²) in [4.78, 5) is 14.1. The van der Waals surface area contributed by atoms with Crippen LogP contribution in [-0.4, -0.2) is 41.3 Å². The Morgan fingerprint density at radius 2 is 2.42 bits per heavy atom. The second-order valence-corrected chi connectivity index (χ2v) is 6.29. The van der Waals surface area contributed by atoms with Crippen LogP contribution >= 0.6 is 11.3 Å². The number of hydrogen-bond acceptors (Lipinski definition) is 4. The van der Waals surface area contributed by atoms with Gasteiger partial charge in [0.1, 0.15) is 0 Å². The minimum absolute atomic E-state index is 0.105. The largest absolute Gasteiger partial charge is 0.478 e. The van der Waals surface area contributed by atoms with Crippen LogP contribution in [0.5, 0.6) is 0 Å². The van der Waals surface area contributed by atoms with Crippen LogP contribution in [-0.2, 0) is 16.1 Å². The van der Waals surface area contributed by atoms with Gasteiger partial charge in [-0.2, -0.15) is 0 Å². The summed E-state index contributed by atoms with van der Waals surface area (Å²) < 4.78 is 5.69. The number of carboxylic acid groups (broad SMARTS) is 1. The van der Waals surface area contributed by atoms with Crippen molar-refractivity contribution in [1.29, 1.82) is 0 Å². The Kier molecular flexibility index (Phi) is 4.39. The van der Waals surface area contributed by atoms with Gasteiger partial charge in [0, 0.05) is 30.6 Å². The third kappa shape index (κ3) is 4.16. The molecule has 19 heavy (non-hydrogen) atoms. The molecule has 4 nitrogen and oxygen atoms in total. The molecule has 5 heteroatoms. The second-order valence-electron chi connectivity index (χ2n) is 5.29. The quantitative estimate of drug-likeness (QED) is 0.861. The average Bonchev–Trinajstić information content (AvgIpc) is 2.72. The van der Waals surface area contributed by atoms with E-state index in [4.69, 9.17) is 9.84 Å². The summed E-state index contributed by atoms with van der Waals surface area (Å²) in [5, 5.41) is 10.7. The SMILES string of the molecule is CC1(C)CN(Cc2sccc2/C=C/C(=O)O)CCO1. The Bertz CT molecular complexity index is 479. The van der Waals surface area contributed by atoms with Gasteiger partial charge in [0.2, 0.25) is 0 Å². The molecular formula is C14H19NO3S. The smallest absolute Gasteiger partial charge is 0.328 e. The molecule has 1 N–H and O–H groups in total. The first-order chi connectivity index (χ1) is 8.96. The monoisotopic (exact) mass is 281 g/mol. The van der Waals surface area contributed by atoms with E-state index in [1.807, 2.05) is 11.4 Å². The number of thiophene rings is 1. The summed E-state index contributed by atoms with van der Waals surface area (Å²) in [5.74, 6) is -0.912. The predicted octanol–water partition coefficient (Wildman–Crippen LogP) is 2.46. The average molecular weight is 281 g/mol. The van der Waals surface area contributed by atoms with Crippen LogP contribution in [0.1, 0.15) is 24.3 Å². The first kappa shape index (κ1) is 14.2. The zero-order valence-electron chi connectivity index (χ0n) is 11.3. The van der Waals surface area contributed by atoms with Gasteiger partial charge in [-0.1, -0.05) is 0 Å². The van der Waals surface area contributed by atoms with Gasteiger partial charge in [-0.15, -0.1) is 11.3 Å². The zero-order valence-corrected chi connectivity index (χ0v) is 12.1. The van der Waals surface area contributed by atoms with Crippen molar-refractivity contribution in [3.8, 4) is 0 Å². The topological polar surface area (TPSA) is 49.8 Å². The van der Waals surface area contributed by atoms with Gasteiger partial charge in [-0.05, 0) is 36.9 Å². The maximum absolute atomic E-state index is 10.6. The molecule has 1 saturated heterocycles. The minimum atomic E-state index is -0.912. The van der Waals surface area contributed by atoms with Crippen LogP contribution in [0.25, 0.3) is 6.08 Å². The van der Waals surface area contributed by atoms with Crippen LogP contribution in [0.3, 0.4) is 0 Å².